The predicted octanol–water partition coefficient (Wildman–Crippen LogP) is 1.32. The largest absolute Gasteiger partial charge is 0.479 e. The van der Waals surface area contributed by atoms with Gasteiger partial charge in [-0.3, -0.25) is 9.59 Å². The number of hydrogen-bond acceptors (Lipinski definition) is 5. The van der Waals surface area contributed by atoms with Gasteiger partial charge in [0, 0.05) is 31.7 Å². The van der Waals surface area contributed by atoms with Crippen LogP contribution in [0.5, 0.6) is 5.75 Å². The van der Waals surface area contributed by atoms with E-state index in [2.05, 4.69) is 5.32 Å². The van der Waals surface area contributed by atoms with Crippen LogP contribution in [0.1, 0.15) is 24.2 Å². The molecular weight excluding hydrogens is 326 g/mol. The topological polar surface area (TPSA) is 88.2 Å². The highest BCUT2D eigenvalue weighted by atomic mass is 16.6. The number of rotatable bonds is 2. The number of anilines is 1. The first-order valence-corrected chi connectivity index (χ1v) is 8.32. The SMILES string of the molecule is CCOC(=O)N1CCN(C(=O)c2ccc3c(c2)NC(=O)C(C)O3)CC1. The molecule has 0 aromatic heterocycles. The Bertz CT molecular complexity index is 698. The minimum atomic E-state index is -0.551. The monoisotopic (exact) mass is 347 g/mol. The van der Waals surface area contributed by atoms with Gasteiger partial charge >= 0.3 is 6.09 Å². The Hall–Kier alpha value is -2.77. The van der Waals surface area contributed by atoms with E-state index in [9.17, 15) is 14.4 Å². The average molecular weight is 347 g/mol. The number of fused-ring (bicyclic) bond motifs is 1. The fourth-order valence-electron chi connectivity index (χ4n) is 2.83. The Labute approximate surface area is 145 Å². The average Bonchev–Trinajstić information content (AvgIpc) is 2.62. The third-order valence-electron chi connectivity index (χ3n) is 4.25. The van der Waals surface area contributed by atoms with Crippen LogP contribution in [-0.2, 0) is 9.53 Å². The van der Waals surface area contributed by atoms with E-state index in [1.807, 2.05) is 0 Å². The number of nitrogens with zero attached hydrogens (tertiary/aromatic N) is 2. The molecule has 1 atom stereocenters. The molecule has 1 aromatic rings. The summed E-state index contributed by atoms with van der Waals surface area (Å²) >= 11 is 0. The molecule has 2 aliphatic heterocycles. The lowest BCUT2D eigenvalue weighted by atomic mass is 10.1. The van der Waals surface area contributed by atoms with Gasteiger partial charge in [0.25, 0.3) is 11.8 Å². The second-order valence-corrected chi connectivity index (χ2v) is 5.94. The third kappa shape index (κ3) is 3.52. The number of nitrogens with one attached hydrogen (secondary N) is 1. The third-order valence-corrected chi connectivity index (χ3v) is 4.25. The quantitative estimate of drug-likeness (QED) is 0.872. The standard InChI is InChI=1S/C17H21N3O5/c1-3-24-17(23)20-8-6-19(7-9-20)16(22)12-4-5-14-13(10-12)18-15(21)11(2)25-14/h4-5,10-11H,3,6-9H2,1-2H3,(H,18,21). The number of amides is 3. The van der Waals surface area contributed by atoms with Gasteiger partial charge in [0.15, 0.2) is 6.10 Å². The molecule has 0 radical (unpaired) electrons. The first-order valence-electron chi connectivity index (χ1n) is 8.32. The van der Waals surface area contributed by atoms with Crippen molar-refractivity contribution in [3.05, 3.63) is 23.8 Å². The molecule has 0 aliphatic carbocycles. The molecular formula is C17H21N3O5. The molecule has 1 saturated heterocycles. The number of piperazine rings is 1. The second kappa shape index (κ2) is 7.00. The van der Waals surface area contributed by atoms with Gasteiger partial charge in [-0.25, -0.2) is 4.79 Å². The van der Waals surface area contributed by atoms with Gasteiger partial charge in [-0.15, -0.1) is 0 Å². The van der Waals surface area contributed by atoms with E-state index in [1.165, 1.54) is 0 Å². The Morgan fingerprint density at radius 3 is 2.60 bits per heavy atom. The normalized spacial score (nSPS) is 19.6. The summed E-state index contributed by atoms with van der Waals surface area (Å²) in [4.78, 5) is 39.4. The summed E-state index contributed by atoms with van der Waals surface area (Å²) in [6.07, 6.45) is -0.901. The number of carbonyl (C=O) groups excluding carboxylic acids is 3. The first kappa shape index (κ1) is 17.1. The summed E-state index contributed by atoms with van der Waals surface area (Å²) in [5, 5.41) is 2.74. The maximum absolute atomic E-state index is 12.7. The minimum Gasteiger partial charge on any atom is -0.479 e. The van der Waals surface area contributed by atoms with E-state index in [0.29, 0.717) is 49.8 Å². The fraction of sp³-hybridized carbons (Fsp3) is 0.471. The molecule has 1 N–H and O–H groups in total. The summed E-state index contributed by atoms with van der Waals surface area (Å²) in [7, 11) is 0. The van der Waals surface area contributed by atoms with Crippen LogP contribution >= 0.6 is 0 Å². The van der Waals surface area contributed by atoms with Crippen molar-refractivity contribution in [2.45, 2.75) is 20.0 Å². The summed E-state index contributed by atoms with van der Waals surface area (Å²) in [5.74, 6) is 0.176. The van der Waals surface area contributed by atoms with Crippen LogP contribution < -0.4 is 10.1 Å². The molecule has 0 saturated carbocycles. The van der Waals surface area contributed by atoms with Gasteiger partial charge in [0.05, 0.1) is 12.3 Å². The lowest BCUT2D eigenvalue weighted by Crippen LogP contribution is -2.50. The molecule has 3 rings (SSSR count). The Morgan fingerprint density at radius 1 is 1.24 bits per heavy atom. The maximum atomic E-state index is 12.7. The van der Waals surface area contributed by atoms with E-state index >= 15 is 0 Å². The summed E-state index contributed by atoms with van der Waals surface area (Å²) in [6.45, 7) is 5.51. The maximum Gasteiger partial charge on any atom is 0.409 e. The van der Waals surface area contributed by atoms with Gasteiger partial charge in [0.1, 0.15) is 5.75 Å². The van der Waals surface area contributed by atoms with E-state index in [1.54, 1.807) is 41.8 Å². The number of hydrogen-bond donors (Lipinski definition) is 1. The van der Waals surface area contributed by atoms with Crippen molar-refractivity contribution < 1.29 is 23.9 Å². The summed E-state index contributed by atoms with van der Waals surface area (Å²) in [5.41, 5.74) is 0.973. The van der Waals surface area contributed by atoms with Crippen molar-refractivity contribution >= 4 is 23.6 Å². The number of ether oxygens (including phenoxy) is 2. The minimum absolute atomic E-state index is 0.140. The Balaban J connectivity index is 1.66. The molecule has 25 heavy (non-hydrogen) atoms. The fourth-order valence-corrected chi connectivity index (χ4v) is 2.83. The van der Waals surface area contributed by atoms with Crippen LogP contribution in [0.25, 0.3) is 0 Å². The Morgan fingerprint density at radius 2 is 1.92 bits per heavy atom. The molecule has 134 valence electrons. The van der Waals surface area contributed by atoms with Crippen molar-refractivity contribution in [2.75, 3.05) is 38.1 Å². The molecule has 3 amide bonds. The lowest BCUT2D eigenvalue weighted by Gasteiger charge is -2.34. The zero-order valence-electron chi connectivity index (χ0n) is 14.3. The molecule has 2 aliphatic rings. The van der Waals surface area contributed by atoms with Crippen molar-refractivity contribution in [1.29, 1.82) is 0 Å². The molecule has 0 spiro atoms. The highest BCUT2D eigenvalue weighted by Crippen LogP contribution is 2.30. The van der Waals surface area contributed by atoms with Gasteiger partial charge in [-0.05, 0) is 32.0 Å². The van der Waals surface area contributed by atoms with Crippen molar-refractivity contribution in [3.8, 4) is 5.75 Å². The summed E-state index contributed by atoms with van der Waals surface area (Å²) < 4.78 is 10.5. The van der Waals surface area contributed by atoms with E-state index in [-0.39, 0.29) is 17.9 Å². The van der Waals surface area contributed by atoms with Crippen LogP contribution in [0.15, 0.2) is 18.2 Å². The number of benzene rings is 1. The molecule has 1 fully saturated rings. The van der Waals surface area contributed by atoms with Crippen molar-refractivity contribution in [2.24, 2.45) is 0 Å². The molecule has 1 unspecified atom stereocenters. The van der Waals surface area contributed by atoms with Gasteiger partial charge in [-0.2, -0.15) is 0 Å². The van der Waals surface area contributed by atoms with Crippen LogP contribution in [0.4, 0.5) is 10.5 Å². The predicted molar refractivity (Wildman–Crippen MR) is 89.7 cm³/mol. The van der Waals surface area contributed by atoms with Gasteiger partial charge < -0.3 is 24.6 Å². The lowest BCUT2D eigenvalue weighted by molar-refractivity contribution is -0.122. The summed E-state index contributed by atoms with van der Waals surface area (Å²) in [6, 6.07) is 5.00. The van der Waals surface area contributed by atoms with E-state index in [0.717, 1.165) is 0 Å². The van der Waals surface area contributed by atoms with Crippen LogP contribution in [-0.4, -0.2) is 66.6 Å². The van der Waals surface area contributed by atoms with Crippen molar-refractivity contribution in [3.63, 3.8) is 0 Å². The van der Waals surface area contributed by atoms with Gasteiger partial charge in [0.2, 0.25) is 0 Å². The first-order chi connectivity index (χ1) is 12.0. The highest BCUT2D eigenvalue weighted by molar-refractivity contribution is 6.01. The van der Waals surface area contributed by atoms with Crippen LogP contribution in [0, 0.1) is 0 Å². The van der Waals surface area contributed by atoms with E-state index in [4.69, 9.17) is 9.47 Å². The highest BCUT2D eigenvalue weighted by Gasteiger charge is 2.28. The molecule has 2 heterocycles. The smallest absolute Gasteiger partial charge is 0.409 e. The van der Waals surface area contributed by atoms with Crippen LogP contribution in [0.2, 0.25) is 0 Å². The second-order valence-electron chi connectivity index (χ2n) is 5.94. The zero-order valence-corrected chi connectivity index (χ0v) is 14.3. The van der Waals surface area contributed by atoms with Gasteiger partial charge in [-0.1, -0.05) is 0 Å². The Kier molecular flexibility index (Phi) is 4.78. The molecule has 8 nitrogen and oxygen atoms in total. The van der Waals surface area contributed by atoms with Crippen molar-refractivity contribution in [1.82, 2.24) is 9.80 Å². The molecule has 0 bridgehead atoms. The molecule has 1 aromatic carbocycles. The van der Waals surface area contributed by atoms with E-state index < -0.39 is 6.10 Å². The van der Waals surface area contributed by atoms with Crippen LogP contribution in [0.3, 0.4) is 0 Å². The zero-order chi connectivity index (χ0) is 18.0. The molecule has 8 heteroatoms. The number of carbonyl (C=O) groups is 3.